The van der Waals surface area contributed by atoms with Gasteiger partial charge in [0.15, 0.2) is 0 Å². The molecule has 1 aromatic carbocycles. The fourth-order valence-electron chi connectivity index (χ4n) is 4.05. The lowest BCUT2D eigenvalue weighted by atomic mass is 10.00. The number of hydrogen-bond donors (Lipinski definition) is 0. The fourth-order valence-corrected chi connectivity index (χ4v) is 4.95. The maximum absolute atomic E-state index is 11.9. The molecule has 4 rings (SSSR count). The summed E-state index contributed by atoms with van der Waals surface area (Å²) in [5.74, 6) is 2.00. The predicted molar refractivity (Wildman–Crippen MR) is 110 cm³/mol. The normalized spacial score (nSPS) is 18.9. The standard InChI is InChI=1S/C21H25N3O3S/c1-27-19-11-4-3-9-17(19)20-18-10-5-6-14-24(18)21(22-20)16-8-7-13-23(15-12-16)28(2,25)26/h3-6,9-11,14,16H,7-8,12-13,15H2,1-2H3. The van der Waals surface area contributed by atoms with Gasteiger partial charge in [0.2, 0.25) is 10.0 Å². The van der Waals surface area contributed by atoms with E-state index in [0.29, 0.717) is 13.1 Å². The van der Waals surface area contributed by atoms with Crippen molar-refractivity contribution in [2.24, 2.45) is 0 Å². The third-order valence-corrected chi connectivity index (χ3v) is 6.76. The van der Waals surface area contributed by atoms with E-state index in [9.17, 15) is 8.42 Å². The molecule has 3 heterocycles. The van der Waals surface area contributed by atoms with Crippen molar-refractivity contribution in [2.45, 2.75) is 25.2 Å². The van der Waals surface area contributed by atoms with Gasteiger partial charge in [-0.2, -0.15) is 0 Å². The Balaban J connectivity index is 1.77. The van der Waals surface area contributed by atoms with Crippen LogP contribution in [0.5, 0.6) is 5.75 Å². The van der Waals surface area contributed by atoms with E-state index in [1.165, 1.54) is 6.26 Å². The molecular formula is C21H25N3O3S. The molecule has 0 spiro atoms. The molecule has 1 aliphatic heterocycles. The number of rotatable bonds is 4. The second-order valence-corrected chi connectivity index (χ2v) is 9.25. The SMILES string of the molecule is COc1ccccc1-c1nc(C2CCCN(S(C)(=O)=O)CC2)n2ccccc12. The van der Waals surface area contributed by atoms with Gasteiger partial charge in [-0.05, 0) is 43.5 Å². The molecule has 0 aliphatic carbocycles. The van der Waals surface area contributed by atoms with Crippen LogP contribution in [-0.4, -0.2) is 48.6 Å². The van der Waals surface area contributed by atoms with E-state index in [1.807, 2.05) is 42.6 Å². The number of ether oxygens (including phenoxy) is 1. The molecule has 0 N–H and O–H groups in total. The van der Waals surface area contributed by atoms with Crippen LogP contribution in [0.25, 0.3) is 16.8 Å². The van der Waals surface area contributed by atoms with Crippen molar-refractivity contribution in [1.29, 1.82) is 0 Å². The van der Waals surface area contributed by atoms with Crippen LogP contribution >= 0.6 is 0 Å². The Bertz CT molecular complexity index is 1090. The minimum Gasteiger partial charge on any atom is -0.496 e. The topological polar surface area (TPSA) is 63.9 Å². The van der Waals surface area contributed by atoms with Gasteiger partial charge < -0.3 is 9.14 Å². The molecular weight excluding hydrogens is 374 g/mol. The molecule has 6 nitrogen and oxygen atoms in total. The molecule has 0 amide bonds. The largest absolute Gasteiger partial charge is 0.496 e. The third kappa shape index (κ3) is 3.52. The average Bonchev–Trinajstić information content (AvgIpc) is 2.88. The van der Waals surface area contributed by atoms with Gasteiger partial charge in [0.05, 0.1) is 18.9 Å². The maximum atomic E-state index is 11.9. The zero-order chi connectivity index (χ0) is 19.7. The third-order valence-electron chi connectivity index (χ3n) is 5.46. The summed E-state index contributed by atoms with van der Waals surface area (Å²) in [7, 11) is -1.48. The predicted octanol–water partition coefficient (Wildman–Crippen LogP) is 3.54. The molecule has 0 bridgehead atoms. The van der Waals surface area contributed by atoms with Crippen molar-refractivity contribution in [3.8, 4) is 17.0 Å². The molecule has 1 aliphatic rings. The van der Waals surface area contributed by atoms with E-state index in [4.69, 9.17) is 9.72 Å². The van der Waals surface area contributed by atoms with E-state index < -0.39 is 10.0 Å². The molecule has 7 heteroatoms. The van der Waals surface area contributed by atoms with E-state index in [1.54, 1.807) is 11.4 Å². The van der Waals surface area contributed by atoms with Crippen LogP contribution in [0, 0.1) is 0 Å². The van der Waals surface area contributed by atoms with Gasteiger partial charge in [-0.15, -0.1) is 0 Å². The summed E-state index contributed by atoms with van der Waals surface area (Å²) in [6.45, 7) is 1.12. The summed E-state index contributed by atoms with van der Waals surface area (Å²) in [5, 5.41) is 0. The molecule has 2 aromatic heterocycles. The number of fused-ring (bicyclic) bond motifs is 1. The maximum Gasteiger partial charge on any atom is 0.211 e. The summed E-state index contributed by atoms with van der Waals surface area (Å²) in [4.78, 5) is 5.04. The van der Waals surface area contributed by atoms with Gasteiger partial charge in [-0.25, -0.2) is 17.7 Å². The van der Waals surface area contributed by atoms with Gasteiger partial charge >= 0.3 is 0 Å². The van der Waals surface area contributed by atoms with Gasteiger partial charge in [-0.3, -0.25) is 0 Å². The van der Waals surface area contributed by atoms with Crippen molar-refractivity contribution in [3.63, 3.8) is 0 Å². The van der Waals surface area contributed by atoms with Crippen LogP contribution in [0.3, 0.4) is 0 Å². The first-order chi connectivity index (χ1) is 13.5. The van der Waals surface area contributed by atoms with Crippen LogP contribution < -0.4 is 4.74 Å². The summed E-state index contributed by atoms with van der Waals surface area (Å²) in [6, 6.07) is 14.0. The first-order valence-corrected chi connectivity index (χ1v) is 11.4. The number of aromatic nitrogens is 2. The summed E-state index contributed by atoms with van der Waals surface area (Å²) in [6.07, 6.45) is 5.86. The fraction of sp³-hybridized carbons (Fsp3) is 0.381. The van der Waals surface area contributed by atoms with Crippen LogP contribution in [0.15, 0.2) is 48.7 Å². The highest BCUT2D eigenvalue weighted by Gasteiger charge is 2.27. The molecule has 148 valence electrons. The zero-order valence-electron chi connectivity index (χ0n) is 16.2. The second-order valence-electron chi connectivity index (χ2n) is 7.26. The van der Waals surface area contributed by atoms with Gasteiger partial charge in [0, 0.05) is 30.8 Å². The Labute approximate surface area is 165 Å². The molecule has 1 unspecified atom stereocenters. The highest BCUT2D eigenvalue weighted by atomic mass is 32.2. The molecule has 1 saturated heterocycles. The van der Waals surface area contributed by atoms with E-state index >= 15 is 0 Å². The highest BCUT2D eigenvalue weighted by molar-refractivity contribution is 7.88. The second kappa shape index (κ2) is 7.56. The smallest absolute Gasteiger partial charge is 0.211 e. The minimum absolute atomic E-state index is 0.213. The van der Waals surface area contributed by atoms with Gasteiger partial charge in [0.1, 0.15) is 17.3 Å². The van der Waals surface area contributed by atoms with E-state index in [2.05, 4.69) is 10.5 Å². The number of methoxy groups -OCH3 is 1. The summed E-state index contributed by atoms with van der Waals surface area (Å²) >= 11 is 0. The zero-order valence-corrected chi connectivity index (χ0v) is 17.0. The lowest BCUT2D eigenvalue weighted by molar-refractivity contribution is 0.416. The van der Waals surface area contributed by atoms with Crippen molar-refractivity contribution in [1.82, 2.24) is 13.7 Å². The number of pyridine rings is 1. The molecule has 3 aromatic rings. The molecule has 28 heavy (non-hydrogen) atoms. The Morgan fingerprint density at radius 1 is 1.07 bits per heavy atom. The number of nitrogens with zero attached hydrogens (tertiary/aromatic N) is 3. The van der Waals surface area contributed by atoms with E-state index in [-0.39, 0.29) is 5.92 Å². The van der Waals surface area contributed by atoms with Crippen LogP contribution in [-0.2, 0) is 10.0 Å². The Morgan fingerprint density at radius 2 is 1.86 bits per heavy atom. The van der Waals surface area contributed by atoms with Crippen molar-refractivity contribution < 1.29 is 13.2 Å². The summed E-state index contributed by atoms with van der Waals surface area (Å²) in [5.41, 5.74) is 2.90. The number of benzene rings is 1. The molecule has 0 saturated carbocycles. The number of para-hydroxylation sites is 1. The lowest BCUT2D eigenvalue weighted by Gasteiger charge is -2.17. The minimum atomic E-state index is -3.15. The Morgan fingerprint density at radius 3 is 2.64 bits per heavy atom. The first-order valence-electron chi connectivity index (χ1n) is 9.54. The van der Waals surface area contributed by atoms with Crippen LogP contribution in [0.1, 0.15) is 31.0 Å². The molecule has 0 radical (unpaired) electrons. The monoisotopic (exact) mass is 399 g/mol. The van der Waals surface area contributed by atoms with Gasteiger partial charge in [0.25, 0.3) is 0 Å². The van der Waals surface area contributed by atoms with Crippen molar-refractivity contribution in [2.75, 3.05) is 26.5 Å². The molecule has 1 atom stereocenters. The lowest BCUT2D eigenvalue weighted by Crippen LogP contribution is -2.30. The number of hydrogen-bond acceptors (Lipinski definition) is 4. The molecule has 1 fully saturated rings. The Kier molecular flexibility index (Phi) is 5.12. The van der Waals surface area contributed by atoms with Crippen molar-refractivity contribution >= 4 is 15.5 Å². The average molecular weight is 400 g/mol. The van der Waals surface area contributed by atoms with Crippen molar-refractivity contribution in [3.05, 3.63) is 54.5 Å². The quantitative estimate of drug-likeness (QED) is 0.673. The first kappa shape index (κ1) is 19.0. The van der Waals surface area contributed by atoms with Gasteiger partial charge in [-0.1, -0.05) is 18.2 Å². The van der Waals surface area contributed by atoms with Crippen LogP contribution in [0.4, 0.5) is 0 Å². The Hall–Kier alpha value is -2.38. The van der Waals surface area contributed by atoms with Crippen LogP contribution in [0.2, 0.25) is 0 Å². The summed E-state index contributed by atoms with van der Waals surface area (Å²) < 4.78 is 33.2. The van der Waals surface area contributed by atoms with E-state index in [0.717, 1.165) is 47.6 Å². The number of sulfonamides is 1. The number of imidazole rings is 1. The highest BCUT2D eigenvalue weighted by Crippen LogP contribution is 2.36.